The van der Waals surface area contributed by atoms with E-state index in [1.54, 1.807) is 0 Å². The summed E-state index contributed by atoms with van der Waals surface area (Å²) in [7, 11) is 0. The number of hydrogen-bond acceptors (Lipinski definition) is 1. The van der Waals surface area contributed by atoms with Crippen molar-refractivity contribution in [1.82, 2.24) is 4.57 Å². The number of benzene rings is 4. The summed E-state index contributed by atoms with van der Waals surface area (Å²) >= 11 is 0. The van der Waals surface area contributed by atoms with Crippen LogP contribution >= 0.6 is 0 Å². The summed E-state index contributed by atoms with van der Waals surface area (Å²) in [5, 5.41) is 6.02. The van der Waals surface area contributed by atoms with Crippen LogP contribution in [-0.4, -0.2) is 4.57 Å². The summed E-state index contributed by atoms with van der Waals surface area (Å²) < 4.78 is 2.33. The van der Waals surface area contributed by atoms with Crippen molar-refractivity contribution < 1.29 is 0 Å². The Labute approximate surface area is 152 Å². The first-order chi connectivity index (χ1) is 12.9. The molecular formula is C24H18N2. The van der Waals surface area contributed by atoms with Crippen molar-refractivity contribution in [2.75, 3.05) is 5.32 Å². The van der Waals surface area contributed by atoms with Crippen LogP contribution in [0.25, 0.3) is 27.5 Å². The van der Waals surface area contributed by atoms with Gasteiger partial charge in [0.15, 0.2) is 0 Å². The van der Waals surface area contributed by atoms with Gasteiger partial charge in [-0.05, 0) is 48.5 Å². The van der Waals surface area contributed by atoms with Crippen molar-refractivity contribution in [3.63, 3.8) is 0 Å². The summed E-state index contributed by atoms with van der Waals surface area (Å²) in [6.45, 7) is 0. The fourth-order valence-corrected chi connectivity index (χ4v) is 3.59. The SMILES string of the molecule is c1ccc(Nc2ccc3c(c2)c2ccccc2n3-c2ccccc2)cc1. The summed E-state index contributed by atoms with van der Waals surface area (Å²) in [6, 6.07) is 36.0. The molecule has 124 valence electrons. The number of para-hydroxylation sites is 3. The summed E-state index contributed by atoms with van der Waals surface area (Å²) in [4.78, 5) is 0. The topological polar surface area (TPSA) is 17.0 Å². The first-order valence-electron chi connectivity index (χ1n) is 8.81. The van der Waals surface area contributed by atoms with E-state index in [4.69, 9.17) is 0 Å². The van der Waals surface area contributed by atoms with Crippen LogP contribution in [0, 0.1) is 0 Å². The second-order valence-corrected chi connectivity index (χ2v) is 6.41. The van der Waals surface area contributed by atoms with Gasteiger partial charge < -0.3 is 9.88 Å². The molecule has 2 heteroatoms. The van der Waals surface area contributed by atoms with Gasteiger partial charge in [0.2, 0.25) is 0 Å². The monoisotopic (exact) mass is 334 g/mol. The predicted molar refractivity (Wildman–Crippen MR) is 111 cm³/mol. The number of fused-ring (bicyclic) bond motifs is 3. The average molecular weight is 334 g/mol. The van der Waals surface area contributed by atoms with Gasteiger partial charge in [-0.25, -0.2) is 0 Å². The van der Waals surface area contributed by atoms with Gasteiger partial charge in [-0.2, -0.15) is 0 Å². The smallest absolute Gasteiger partial charge is 0.0542 e. The number of hydrogen-bond donors (Lipinski definition) is 1. The quantitative estimate of drug-likeness (QED) is 0.397. The Hall–Kier alpha value is -3.52. The zero-order valence-corrected chi connectivity index (χ0v) is 14.3. The van der Waals surface area contributed by atoms with Crippen molar-refractivity contribution in [1.29, 1.82) is 0 Å². The highest BCUT2D eigenvalue weighted by molar-refractivity contribution is 6.10. The van der Waals surface area contributed by atoms with Crippen molar-refractivity contribution in [2.24, 2.45) is 0 Å². The van der Waals surface area contributed by atoms with Crippen molar-refractivity contribution in [3.8, 4) is 5.69 Å². The van der Waals surface area contributed by atoms with Crippen LogP contribution in [0.3, 0.4) is 0 Å². The maximum atomic E-state index is 3.50. The lowest BCUT2D eigenvalue weighted by Gasteiger charge is -2.09. The molecule has 2 nitrogen and oxygen atoms in total. The van der Waals surface area contributed by atoms with Gasteiger partial charge in [-0.3, -0.25) is 0 Å². The lowest BCUT2D eigenvalue weighted by molar-refractivity contribution is 1.18. The van der Waals surface area contributed by atoms with E-state index in [-0.39, 0.29) is 0 Å². The van der Waals surface area contributed by atoms with Crippen LogP contribution in [0.15, 0.2) is 103 Å². The summed E-state index contributed by atoms with van der Waals surface area (Å²) in [5.74, 6) is 0. The predicted octanol–water partition coefficient (Wildman–Crippen LogP) is 6.53. The lowest BCUT2D eigenvalue weighted by atomic mass is 10.1. The molecule has 0 atom stereocenters. The van der Waals surface area contributed by atoms with E-state index in [2.05, 4.69) is 94.8 Å². The number of anilines is 2. The molecule has 0 unspecified atom stereocenters. The van der Waals surface area contributed by atoms with E-state index in [0.29, 0.717) is 0 Å². The molecule has 0 bridgehead atoms. The van der Waals surface area contributed by atoms with Crippen molar-refractivity contribution in [2.45, 2.75) is 0 Å². The Kier molecular flexibility index (Phi) is 3.46. The maximum Gasteiger partial charge on any atom is 0.0542 e. The number of nitrogens with zero attached hydrogens (tertiary/aromatic N) is 1. The molecule has 5 rings (SSSR count). The normalized spacial score (nSPS) is 11.1. The molecule has 0 fully saturated rings. The van der Waals surface area contributed by atoms with Crippen LogP contribution < -0.4 is 5.32 Å². The first-order valence-corrected chi connectivity index (χ1v) is 8.81. The standard InChI is InChI=1S/C24H18N2/c1-3-9-18(10-4-1)25-19-15-16-24-22(17-19)21-13-7-8-14-23(21)26(24)20-11-5-2-6-12-20/h1-17,25H. The molecule has 0 saturated heterocycles. The third-order valence-corrected chi connectivity index (χ3v) is 4.75. The van der Waals surface area contributed by atoms with Gasteiger partial charge in [0.25, 0.3) is 0 Å². The van der Waals surface area contributed by atoms with Gasteiger partial charge in [0.05, 0.1) is 11.0 Å². The molecule has 1 heterocycles. The van der Waals surface area contributed by atoms with E-state index >= 15 is 0 Å². The highest BCUT2D eigenvalue weighted by atomic mass is 15.0. The highest BCUT2D eigenvalue weighted by Gasteiger charge is 2.12. The molecule has 5 aromatic rings. The van der Waals surface area contributed by atoms with Gasteiger partial charge in [0, 0.05) is 27.8 Å². The average Bonchev–Trinajstić information content (AvgIpc) is 3.03. The zero-order chi connectivity index (χ0) is 17.3. The third-order valence-electron chi connectivity index (χ3n) is 4.75. The zero-order valence-electron chi connectivity index (χ0n) is 14.3. The fourth-order valence-electron chi connectivity index (χ4n) is 3.59. The molecule has 0 spiro atoms. The second kappa shape index (κ2) is 6.08. The molecule has 1 N–H and O–H groups in total. The molecule has 0 aliphatic heterocycles. The van der Waals surface area contributed by atoms with Crippen LogP contribution in [0.2, 0.25) is 0 Å². The number of aromatic nitrogens is 1. The summed E-state index contributed by atoms with van der Waals surface area (Å²) in [5.41, 5.74) is 5.82. The van der Waals surface area contributed by atoms with Gasteiger partial charge in [-0.1, -0.05) is 54.6 Å². The lowest BCUT2D eigenvalue weighted by Crippen LogP contribution is -1.93. The third kappa shape index (κ3) is 2.44. The molecule has 0 amide bonds. The van der Waals surface area contributed by atoms with E-state index in [1.165, 1.54) is 27.5 Å². The minimum atomic E-state index is 1.10. The molecule has 0 aliphatic carbocycles. The van der Waals surface area contributed by atoms with Crippen molar-refractivity contribution in [3.05, 3.63) is 103 Å². The first kappa shape index (κ1) is 14.8. The molecule has 1 aromatic heterocycles. The maximum absolute atomic E-state index is 3.50. The van der Waals surface area contributed by atoms with Crippen LogP contribution in [-0.2, 0) is 0 Å². The Morgan fingerprint density at radius 2 is 1.15 bits per heavy atom. The molecule has 26 heavy (non-hydrogen) atoms. The van der Waals surface area contributed by atoms with E-state index in [1.807, 2.05) is 18.2 Å². The van der Waals surface area contributed by atoms with Gasteiger partial charge in [-0.15, -0.1) is 0 Å². The molecule has 0 saturated carbocycles. The fraction of sp³-hybridized carbons (Fsp3) is 0. The second-order valence-electron chi connectivity index (χ2n) is 6.41. The summed E-state index contributed by atoms with van der Waals surface area (Å²) in [6.07, 6.45) is 0. The Balaban J connectivity index is 1.73. The molecule has 4 aromatic carbocycles. The molecule has 0 aliphatic rings. The van der Waals surface area contributed by atoms with E-state index in [0.717, 1.165) is 11.4 Å². The Bertz CT molecular complexity index is 1190. The van der Waals surface area contributed by atoms with Gasteiger partial charge >= 0.3 is 0 Å². The van der Waals surface area contributed by atoms with E-state index in [9.17, 15) is 0 Å². The van der Waals surface area contributed by atoms with Crippen LogP contribution in [0.4, 0.5) is 11.4 Å². The Morgan fingerprint density at radius 1 is 0.500 bits per heavy atom. The highest BCUT2D eigenvalue weighted by Crippen LogP contribution is 2.34. The van der Waals surface area contributed by atoms with E-state index < -0.39 is 0 Å². The van der Waals surface area contributed by atoms with Crippen molar-refractivity contribution >= 4 is 33.2 Å². The minimum absolute atomic E-state index is 1.10. The molecule has 0 radical (unpaired) electrons. The van der Waals surface area contributed by atoms with Crippen LogP contribution in [0.1, 0.15) is 0 Å². The van der Waals surface area contributed by atoms with Gasteiger partial charge in [0.1, 0.15) is 0 Å². The Morgan fingerprint density at radius 3 is 1.96 bits per heavy atom. The number of rotatable bonds is 3. The molecular weight excluding hydrogens is 316 g/mol. The minimum Gasteiger partial charge on any atom is -0.356 e. The largest absolute Gasteiger partial charge is 0.356 e. The number of nitrogens with one attached hydrogen (secondary N) is 1. The van der Waals surface area contributed by atoms with Crippen LogP contribution in [0.5, 0.6) is 0 Å².